The Bertz CT molecular complexity index is 398. The van der Waals surface area contributed by atoms with Crippen LogP contribution in [0.25, 0.3) is 0 Å². The van der Waals surface area contributed by atoms with Gasteiger partial charge in [-0.2, -0.15) is 0 Å². The highest BCUT2D eigenvalue weighted by Gasteiger charge is 2.33. The topological polar surface area (TPSA) is 33.2 Å². The first kappa shape index (κ1) is 12.6. The zero-order chi connectivity index (χ0) is 12.4. The van der Waals surface area contributed by atoms with Gasteiger partial charge in [-0.05, 0) is 46.8 Å². The number of pyridine rings is 1. The molecule has 2 rings (SSSR count). The summed E-state index contributed by atoms with van der Waals surface area (Å²) in [5.41, 5.74) is 0.542. The van der Waals surface area contributed by atoms with E-state index in [1.165, 1.54) is 0 Å². The summed E-state index contributed by atoms with van der Waals surface area (Å²) >= 11 is 3.33. The number of halogens is 1. The molecular weight excluding hydrogens is 280 g/mol. The van der Waals surface area contributed by atoms with Crippen molar-refractivity contribution in [3.63, 3.8) is 0 Å². The Morgan fingerprint density at radius 1 is 1.53 bits per heavy atom. The van der Waals surface area contributed by atoms with E-state index in [0.29, 0.717) is 17.7 Å². The van der Waals surface area contributed by atoms with E-state index in [2.05, 4.69) is 34.8 Å². The van der Waals surface area contributed by atoms with E-state index in [1.807, 2.05) is 11.0 Å². The summed E-state index contributed by atoms with van der Waals surface area (Å²) in [6.45, 7) is 5.09. The lowest BCUT2D eigenvalue weighted by atomic mass is 10.2. The largest absolute Gasteiger partial charge is 0.334 e. The van der Waals surface area contributed by atoms with E-state index < -0.39 is 0 Å². The molecule has 0 N–H and O–H groups in total. The van der Waals surface area contributed by atoms with Crippen LogP contribution in [0.2, 0.25) is 0 Å². The molecule has 1 aliphatic rings. The standard InChI is InChI=1S/C13H17BrN2O/c1-9(2)8-16(11-4-5-11)13(17)12-6-3-10(14)7-15-12/h3,6-7,9,11H,4-5,8H2,1-2H3. The van der Waals surface area contributed by atoms with Crippen molar-refractivity contribution in [3.8, 4) is 0 Å². The normalized spacial score (nSPS) is 15.1. The fourth-order valence-electron chi connectivity index (χ4n) is 1.83. The molecule has 0 bridgehead atoms. The predicted octanol–water partition coefficient (Wildman–Crippen LogP) is 3.10. The van der Waals surface area contributed by atoms with Gasteiger partial charge in [0, 0.05) is 23.3 Å². The molecule has 0 spiro atoms. The number of amides is 1. The van der Waals surface area contributed by atoms with E-state index >= 15 is 0 Å². The number of hydrogen-bond acceptors (Lipinski definition) is 2. The molecule has 3 nitrogen and oxygen atoms in total. The first-order valence-electron chi connectivity index (χ1n) is 6.00. The molecule has 1 heterocycles. The second-order valence-corrected chi connectivity index (χ2v) is 5.86. The van der Waals surface area contributed by atoms with E-state index in [-0.39, 0.29) is 5.91 Å². The number of carbonyl (C=O) groups is 1. The molecule has 0 aliphatic heterocycles. The van der Waals surface area contributed by atoms with Gasteiger partial charge in [0.15, 0.2) is 0 Å². The molecule has 1 aromatic heterocycles. The smallest absolute Gasteiger partial charge is 0.272 e. The summed E-state index contributed by atoms with van der Waals surface area (Å²) in [7, 11) is 0. The molecule has 0 radical (unpaired) electrons. The van der Waals surface area contributed by atoms with Crippen LogP contribution in [0.5, 0.6) is 0 Å². The molecule has 1 amide bonds. The zero-order valence-corrected chi connectivity index (χ0v) is 11.8. The second kappa shape index (κ2) is 5.17. The molecule has 92 valence electrons. The number of aromatic nitrogens is 1. The molecular formula is C13H17BrN2O. The maximum atomic E-state index is 12.3. The summed E-state index contributed by atoms with van der Waals surface area (Å²) in [6.07, 6.45) is 3.94. The van der Waals surface area contributed by atoms with Crippen molar-refractivity contribution >= 4 is 21.8 Å². The van der Waals surface area contributed by atoms with Gasteiger partial charge in [-0.3, -0.25) is 4.79 Å². The van der Waals surface area contributed by atoms with Crippen molar-refractivity contribution in [2.75, 3.05) is 6.54 Å². The van der Waals surface area contributed by atoms with E-state index in [1.54, 1.807) is 12.3 Å². The van der Waals surface area contributed by atoms with Crippen LogP contribution in [0.3, 0.4) is 0 Å². The molecule has 0 unspecified atom stereocenters. The first-order chi connectivity index (χ1) is 8.08. The third-order valence-corrected chi connectivity index (χ3v) is 3.23. The Balaban J connectivity index is 2.12. The van der Waals surface area contributed by atoms with Crippen LogP contribution >= 0.6 is 15.9 Å². The average Bonchev–Trinajstić information content (AvgIpc) is 3.09. The summed E-state index contributed by atoms with van der Waals surface area (Å²) in [5.74, 6) is 0.559. The SMILES string of the molecule is CC(C)CN(C(=O)c1ccc(Br)cn1)C1CC1. The number of hydrogen-bond donors (Lipinski definition) is 0. The number of nitrogens with zero attached hydrogens (tertiary/aromatic N) is 2. The van der Waals surface area contributed by atoms with Crippen molar-refractivity contribution in [1.82, 2.24) is 9.88 Å². The number of rotatable bonds is 4. The highest BCUT2D eigenvalue weighted by Crippen LogP contribution is 2.28. The van der Waals surface area contributed by atoms with Gasteiger partial charge in [-0.1, -0.05) is 13.8 Å². The van der Waals surface area contributed by atoms with Gasteiger partial charge in [0.1, 0.15) is 5.69 Å². The lowest BCUT2D eigenvalue weighted by Gasteiger charge is -2.24. The lowest BCUT2D eigenvalue weighted by molar-refractivity contribution is 0.0716. The maximum Gasteiger partial charge on any atom is 0.272 e. The third kappa shape index (κ3) is 3.28. The van der Waals surface area contributed by atoms with Crippen molar-refractivity contribution in [3.05, 3.63) is 28.5 Å². The molecule has 0 saturated heterocycles. The van der Waals surface area contributed by atoms with Gasteiger partial charge in [-0.15, -0.1) is 0 Å². The molecule has 0 aromatic carbocycles. The van der Waals surface area contributed by atoms with Gasteiger partial charge in [0.05, 0.1) is 0 Å². The van der Waals surface area contributed by atoms with Crippen LogP contribution < -0.4 is 0 Å². The molecule has 0 atom stereocenters. The van der Waals surface area contributed by atoms with Crippen LogP contribution in [0.4, 0.5) is 0 Å². The minimum absolute atomic E-state index is 0.0636. The maximum absolute atomic E-state index is 12.3. The monoisotopic (exact) mass is 296 g/mol. The molecule has 1 fully saturated rings. The Morgan fingerprint density at radius 2 is 2.24 bits per heavy atom. The molecule has 1 aliphatic carbocycles. The van der Waals surface area contributed by atoms with E-state index in [0.717, 1.165) is 23.9 Å². The molecule has 17 heavy (non-hydrogen) atoms. The highest BCUT2D eigenvalue weighted by atomic mass is 79.9. The van der Waals surface area contributed by atoms with Crippen molar-refractivity contribution < 1.29 is 4.79 Å². The van der Waals surface area contributed by atoms with Gasteiger partial charge < -0.3 is 4.90 Å². The summed E-state index contributed by atoms with van der Waals surface area (Å²) in [5, 5.41) is 0. The fourth-order valence-corrected chi connectivity index (χ4v) is 2.06. The Hall–Kier alpha value is -0.900. The highest BCUT2D eigenvalue weighted by molar-refractivity contribution is 9.10. The van der Waals surface area contributed by atoms with E-state index in [4.69, 9.17) is 0 Å². The lowest BCUT2D eigenvalue weighted by Crippen LogP contribution is -2.36. The van der Waals surface area contributed by atoms with Gasteiger partial charge in [0.25, 0.3) is 5.91 Å². The summed E-state index contributed by atoms with van der Waals surface area (Å²) in [6, 6.07) is 4.08. The van der Waals surface area contributed by atoms with Crippen molar-refractivity contribution in [2.24, 2.45) is 5.92 Å². The number of carbonyl (C=O) groups excluding carboxylic acids is 1. The summed E-state index contributed by atoms with van der Waals surface area (Å²) < 4.78 is 0.899. The van der Waals surface area contributed by atoms with E-state index in [9.17, 15) is 4.79 Å². The van der Waals surface area contributed by atoms with Crippen LogP contribution in [0.1, 0.15) is 37.2 Å². The molecule has 1 saturated carbocycles. The van der Waals surface area contributed by atoms with Crippen molar-refractivity contribution in [1.29, 1.82) is 0 Å². The van der Waals surface area contributed by atoms with Crippen LogP contribution in [0.15, 0.2) is 22.8 Å². The first-order valence-corrected chi connectivity index (χ1v) is 6.79. The zero-order valence-electron chi connectivity index (χ0n) is 10.2. The van der Waals surface area contributed by atoms with Crippen molar-refractivity contribution in [2.45, 2.75) is 32.7 Å². The van der Waals surface area contributed by atoms with Crippen LogP contribution in [-0.2, 0) is 0 Å². The van der Waals surface area contributed by atoms with Gasteiger partial charge in [-0.25, -0.2) is 4.98 Å². The molecule has 4 heteroatoms. The van der Waals surface area contributed by atoms with Gasteiger partial charge >= 0.3 is 0 Å². The second-order valence-electron chi connectivity index (χ2n) is 4.94. The van der Waals surface area contributed by atoms with Gasteiger partial charge in [0.2, 0.25) is 0 Å². The molecule has 1 aromatic rings. The average molecular weight is 297 g/mol. The van der Waals surface area contributed by atoms with Crippen LogP contribution in [0, 0.1) is 5.92 Å². The Labute approximate surface area is 110 Å². The minimum atomic E-state index is 0.0636. The van der Waals surface area contributed by atoms with Crippen LogP contribution in [-0.4, -0.2) is 28.4 Å². The summed E-state index contributed by atoms with van der Waals surface area (Å²) in [4.78, 5) is 18.5. The minimum Gasteiger partial charge on any atom is -0.334 e. The Kier molecular flexibility index (Phi) is 3.82. The third-order valence-electron chi connectivity index (χ3n) is 2.76. The quantitative estimate of drug-likeness (QED) is 0.855. The fraction of sp³-hybridized carbons (Fsp3) is 0.538. The Morgan fingerprint density at radius 3 is 2.71 bits per heavy atom. The predicted molar refractivity (Wildman–Crippen MR) is 70.8 cm³/mol.